The standard InChI is InChI=1S/C11H20N2O2/c1-10-6-12-2-3-13(7-10)5-9(4-12)11(10,15)8-14/h9,14-15H,2-8H2,1H3. The topological polar surface area (TPSA) is 46.9 Å². The third-order valence-electron chi connectivity index (χ3n) is 4.80. The number of nitrogens with zero attached hydrogens (tertiary/aromatic N) is 2. The number of aliphatic hydroxyl groups excluding tert-OH is 1. The van der Waals surface area contributed by atoms with E-state index in [-0.39, 0.29) is 17.9 Å². The molecule has 4 nitrogen and oxygen atoms in total. The summed E-state index contributed by atoms with van der Waals surface area (Å²) in [5.41, 5.74) is -1.01. The highest BCUT2D eigenvalue weighted by Crippen LogP contribution is 2.47. The van der Waals surface area contributed by atoms with Crippen LogP contribution in [0.25, 0.3) is 0 Å². The first-order valence-corrected chi connectivity index (χ1v) is 5.85. The predicted octanol–water partition coefficient (Wildman–Crippen LogP) is -1.02. The van der Waals surface area contributed by atoms with E-state index in [0.717, 1.165) is 39.3 Å². The average Bonchev–Trinajstić information content (AvgIpc) is 2.43. The summed E-state index contributed by atoms with van der Waals surface area (Å²) in [6.45, 7) is 8.03. The van der Waals surface area contributed by atoms with Gasteiger partial charge in [-0.2, -0.15) is 0 Å². The van der Waals surface area contributed by atoms with Crippen LogP contribution in [0.15, 0.2) is 0 Å². The summed E-state index contributed by atoms with van der Waals surface area (Å²) in [7, 11) is 0. The van der Waals surface area contributed by atoms with Crippen molar-refractivity contribution in [2.75, 3.05) is 45.9 Å². The van der Waals surface area contributed by atoms with E-state index in [2.05, 4.69) is 16.7 Å². The van der Waals surface area contributed by atoms with Crippen LogP contribution in [0.5, 0.6) is 0 Å². The molecule has 4 fully saturated rings. The minimum Gasteiger partial charge on any atom is -0.393 e. The maximum Gasteiger partial charge on any atom is 0.101 e. The highest BCUT2D eigenvalue weighted by molar-refractivity contribution is 5.12. The van der Waals surface area contributed by atoms with E-state index in [4.69, 9.17) is 0 Å². The number of piperidine rings is 2. The van der Waals surface area contributed by atoms with Crippen LogP contribution < -0.4 is 0 Å². The van der Waals surface area contributed by atoms with Crippen molar-refractivity contribution in [2.45, 2.75) is 12.5 Å². The number of hydrogen-bond acceptors (Lipinski definition) is 4. The maximum absolute atomic E-state index is 10.7. The van der Waals surface area contributed by atoms with Crippen molar-refractivity contribution in [3.8, 4) is 0 Å². The number of aliphatic hydroxyl groups is 2. The second kappa shape index (κ2) is 2.94. The number of fused-ring (bicyclic) bond motifs is 1. The van der Waals surface area contributed by atoms with Crippen LogP contribution in [0.4, 0.5) is 0 Å². The lowest BCUT2D eigenvalue weighted by Crippen LogP contribution is -2.71. The Balaban J connectivity index is 2.03. The summed E-state index contributed by atoms with van der Waals surface area (Å²) >= 11 is 0. The van der Waals surface area contributed by atoms with Crippen LogP contribution in [0.2, 0.25) is 0 Å². The molecule has 15 heavy (non-hydrogen) atoms. The van der Waals surface area contributed by atoms with Gasteiger partial charge >= 0.3 is 0 Å². The van der Waals surface area contributed by atoms with Crippen LogP contribution in [-0.4, -0.2) is 71.5 Å². The zero-order chi connectivity index (χ0) is 10.7. The van der Waals surface area contributed by atoms with Crippen molar-refractivity contribution in [1.82, 2.24) is 9.80 Å². The second-order valence-electron chi connectivity index (χ2n) is 5.81. The molecule has 4 aliphatic rings. The Hall–Kier alpha value is -0.160. The van der Waals surface area contributed by atoms with Crippen LogP contribution in [0.3, 0.4) is 0 Å². The summed E-state index contributed by atoms with van der Waals surface area (Å²) in [6, 6.07) is 0. The normalized spacial score (nSPS) is 58.2. The van der Waals surface area contributed by atoms with Crippen molar-refractivity contribution in [1.29, 1.82) is 0 Å². The van der Waals surface area contributed by atoms with Gasteiger partial charge in [0.05, 0.1) is 6.61 Å². The minimum absolute atomic E-state index is 0.0875. The third-order valence-corrected chi connectivity index (χ3v) is 4.80. The lowest BCUT2D eigenvalue weighted by atomic mass is 9.61. The van der Waals surface area contributed by atoms with E-state index in [0.29, 0.717) is 0 Å². The molecule has 4 bridgehead atoms. The Kier molecular flexibility index (Phi) is 1.97. The summed E-state index contributed by atoms with van der Waals surface area (Å²) in [5, 5.41) is 20.2. The maximum atomic E-state index is 10.7. The highest BCUT2D eigenvalue weighted by atomic mass is 16.3. The summed E-state index contributed by atoms with van der Waals surface area (Å²) in [4.78, 5) is 4.89. The molecule has 86 valence electrons. The van der Waals surface area contributed by atoms with E-state index < -0.39 is 5.60 Å². The first-order chi connectivity index (χ1) is 7.07. The van der Waals surface area contributed by atoms with Gasteiger partial charge in [0.1, 0.15) is 5.60 Å². The molecule has 0 aromatic heterocycles. The smallest absolute Gasteiger partial charge is 0.101 e. The molecule has 4 heteroatoms. The number of rotatable bonds is 1. The second-order valence-corrected chi connectivity index (χ2v) is 5.81. The van der Waals surface area contributed by atoms with Gasteiger partial charge in [-0.25, -0.2) is 0 Å². The molecule has 4 rings (SSSR count). The van der Waals surface area contributed by atoms with Gasteiger partial charge in [-0.1, -0.05) is 6.92 Å². The highest BCUT2D eigenvalue weighted by Gasteiger charge is 2.60. The predicted molar refractivity (Wildman–Crippen MR) is 56.5 cm³/mol. The largest absolute Gasteiger partial charge is 0.393 e. The van der Waals surface area contributed by atoms with E-state index in [1.54, 1.807) is 0 Å². The molecule has 0 saturated carbocycles. The molecule has 0 aliphatic carbocycles. The van der Waals surface area contributed by atoms with Crippen LogP contribution >= 0.6 is 0 Å². The molecule has 4 heterocycles. The zero-order valence-corrected chi connectivity index (χ0v) is 9.32. The van der Waals surface area contributed by atoms with E-state index in [9.17, 15) is 10.2 Å². The van der Waals surface area contributed by atoms with Crippen LogP contribution in [0.1, 0.15) is 6.92 Å². The van der Waals surface area contributed by atoms with E-state index in [1.165, 1.54) is 0 Å². The SMILES string of the molecule is CC12CN3CCN(CC(C3)C1(O)CO)C2. The summed E-state index contributed by atoms with van der Waals surface area (Å²) < 4.78 is 0. The minimum atomic E-state index is -0.857. The Morgan fingerprint density at radius 3 is 2.13 bits per heavy atom. The first-order valence-electron chi connectivity index (χ1n) is 5.85. The third kappa shape index (κ3) is 1.16. The zero-order valence-electron chi connectivity index (χ0n) is 9.32. The van der Waals surface area contributed by atoms with Gasteiger partial charge in [-0.05, 0) is 0 Å². The Bertz CT molecular complexity index is 268. The lowest BCUT2D eigenvalue weighted by molar-refractivity contribution is -0.209. The van der Waals surface area contributed by atoms with E-state index >= 15 is 0 Å². The summed E-state index contributed by atoms with van der Waals surface area (Å²) in [5.74, 6) is 0.220. The van der Waals surface area contributed by atoms with Crippen molar-refractivity contribution in [3.63, 3.8) is 0 Å². The van der Waals surface area contributed by atoms with Crippen molar-refractivity contribution in [3.05, 3.63) is 0 Å². The summed E-state index contributed by atoms with van der Waals surface area (Å²) in [6.07, 6.45) is 0. The van der Waals surface area contributed by atoms with Gasteiger partial charge in [-0.15, -0.1) is 0 Å². The monoisotopic (exact) mass is 212 g/mol. The van der Waals surface area contributed by atoms with Gasteiger partial charge < -0.3 is 20.0 Å². The van der Waals surface area contributed by atoms with Gasteiger partial charge in [0.2, 0.25) is 0 Å². The molecular formula is C11H20N2O2. The molecule has 2 N–H and O–H groups in total. The van der Waals surface area contributed by atoms with Gasteiger partial charge in [-0.3, -0.25) is 0 Å². The van der Waals surface area contributed by atoms with E-state index in [1.807, 2.05) is 0 Å². The quantitative estimate of drug-likeness (QED) is 0.584. The fourth-order valence-corrected chi connectivity index (χ4v) is 3.86. The fourth-order valence-electron chi connectivity index (χ4n) is 3.86. The molecule has 3 unspecified atom stereocenters. The molecule has 0 aromatic rings. The molecule has 4 saturated heterocycles. The molecule has 3 atom stereocenters. The van der Waals surface area contributed by atoms with Crippen LogP contribution in [-0.2, 0) is 0 Å². The van der Waals surface area contributed by atoms with Crippen LogP contribution in [0, 0.1) is 11.3 Å². The lowest BCUT2D eigenvalue weighted by Gasteiger charge is -2.58. The molecule has 0 radical (unpaired) electrons. The Labute approximate surface area is 90.5 Å². The van der Waals surface area contributed by atoms with Crippen molar-refractivity contribution in [2.24, 2.45) is 11.3 Å². The fraction of sp³-hybridized carbons (Fsp3) is 1.00. The molecular weight excluding hydrogens is 192 g/mol. The molecule has 0 aromatic carbocycles. The average molecular weight is 212 g/mol. The van der Waals surface area contributed by atoms with Gasteiger partial charge in [0.15, 0.2) is 0 Å². The first kappa shape index (κ1) is 10.0. The molecule has 4 aliphatic heterocycles. The Morgan fingerprint density at radius 2 is 1.73 bits per heavy atom. The van der Waals surface area contributed by atoms with Gasteiger partial charge in [0.25, 0.3) is 0 Å². The van der Waals surface area contributed by atoms with Gasteiger partial charge in [0, 0.05) is 50.6 Å². The molecule has 0 amide bonds. The number of hydrogen-bond donors (Lipinski definition) is 2. The van der Waals surface area contributed by atoms with Crippen molar-refractivity contribution >= 4 is 0 Å². The molecule has 0 spiro atoms. The van der Waals surface area contributed by atoms with Crippen molar-refractivity contribution < 1.29 is 10.2 Å². The Morgan fingerprint density at radius 1 is 1.20 bits per heavy atom.